The van der Waals surface area contributed by atoms with Crippen LogP contribution < -0.4 is 14.2 Å². The lowest BCUT2D eigenvalue weighted by Gasteiger charge is -2.09. The second-order valence-corrected chi connectivity index (χ2v) is 6.57. The molecule has 2 aromatic carbocycles. The van der Waals surface area contributed by atoms with Crippen LogP contribution in [-0.4, -0.2) is 24.9 Å². The van der Waals surface area contributed by atoms with E-state index in [0.29, 0.717) is 12.2 Å². The van der Waals surface area contributed by atoms with Crippen LogP contribution in [0.5, 0.6) is 17.2 Å². The van der Waals surface area contributed by atoms with Crippen molar-refractivity contribution in [3.63, 3.8) is 0 Å². The van der Waals surface area contributed by atoms with Gasteiger partial charge >= 0.3 is 6.61 Å². The summed E-state index contributed by atoms with van der Waals surface area (Å²) < 4.78 is 39.8. The maximum atomic E-state index is 12.3. The van der Waals surface area contributed by atoms with E-state index in [0.717, 1.165) is 16.5 Å². The van der Waals surface area contributed by atoms with Crippen LogP contribution in [-0.2, 0) is 18.1 Å². The van der Waals surface area contributed by atoms with Crippen molar-refractivity contribution in [2.45, 2.75) is 19.8 Å². The summed E-state index contributed by atoms with van der Waals surface area (Å²) in [6, 6.07) is 14.0. The Balaban J connectivity index is 1.48. The molecule has 0 amide bonds. The second-order valence-electron chi connectivity index (χ2n) is 5.63. The fraction of sp³-hybridized carbons (Fsp3) is 0.200. The van der Waals surface area contributed by atoms with Crippen LogP contribution >= 0.6 is 11.3 Å². The molecule has 0 aliphatic rings. The van der Waals surface area contributed by atoms with Crippen molar-refractivity contribution in [2.24, 2.45) is 5.16 Å². The normalized spacial score (nSPS) is 11.0. The standard InChI is InChI=1S/C20H18F2N2O4S/c1-25-18-9-14(7-8-17(18)28-20(21)22)10-23-27-11-15-13-29-19(24-15)12-26-16-5-3-2-4-6-16/h2-10,13,20H,11-12H2,1H3/b23-10+. The summed E-state index contributed by atoms with van der Waals surface area (Å²) in [5, 5.41) is 6.57. The molecule has 0 fully saturated rings. The van der Waals surface area contributed by atoms with E-state index in [1.54, 1.807) is 6.07 Å². The summed E-state index contributed by atoms with van der Waals surface area (Å²) in [6.45, 7) is -2.35. The van der Waals surface area contributed by atoms with E-state index in [1.165, 1.54) is 36.8 Å². The minimum atomic E-state index is -2.92. The van der Waals surface area contributed by atoms with Gasteiger partial charge in [-0.25, -0.2) is 4.98 Å². The highest BCUT2D eigenvalue weighted by atomic mass is 32.1. The van der Waals surface area contributed by atoms with Gasteiger partial charge in [-0.2, -0.15) is 8.78 Å². The van der Waals surface area contributed by atoms with Crippen LogP contribution in [0.3, 0.4) is 0 Å². The number of benzene rings is 2. The first-order valence-electron chi connectivity index (χ1n) is 8.53. The molecule has 152 valence electrons. The van der Waals surface area contributed by atoms with Crippen LogP contribution in [0.25, 0.3) is 0 Å². The Hall–Kier alpha value is -3.20. The molecule has 0 aliphatic heterocycles. The maximum absolute atomic E-state index is 12.3. The van der Waals surface area contributed by atoms with Crippen LogP contribution in [0.4, 0.5) is 8.78 Å². The molecule has 0 spiro atoms. The maximum Gasteiger partial charge on any atom is 0.387 e. The average molecular weight is 420 g/mol. The van der Waals surface area contributed by atoms with E-state index >= 15 is 0 Å². The zero-order valence-electron chi connectivity index (χ0n) is 15.5. The number of methoxy groups -OCH3 is 1. The van der Waals surface area contributed by atoms with Gasteiger partial charge in [-0.3, -0.25) is 0 Å². The Morgan fingerprint density at radius 3 is 2.69 bits per heavy atom. The number of hydrogen-bond acceptors (Lipinski definition) is 7. The number of hydrogen-bond donors (Lipinski definition) is 0. The molecule has 9 heteroatoms. The third-order valence-electron chi connectivity index (χ3n) is 3.60. The summed E-state index contributed by atoms with van der Waals surface area (Å²) >= 11 is 1.47. The van der Waals surface area contributed by atoms with Crippen molar-refractivity contribution < 1.29 is 27.8 Å². The first kappa shape index (κ1) is 20.5. The van der Waals surface area contributed by atoms with Gasteiger partial charge in [-0.05, 0) is 30.3 Å². The van der Waals surface area contributed by atoms with E-state index < -0.39 is 6.61 Å². The molecule has 0 saturated heterocycles. The summed E-state index contributed by atoms with van der Waals surface area (Å²) in [7, 11) is 1.37. The first-order chi connectivity index (χ1) is 14.1. The van der Waals surface area contributed by atoms with Gasteiger partial charge in [0.1, 0.15) is 17.4 Å². The number of oxime groups is 1. The molecule has 0 unspecified atom stereocenters. The Morgan fingerprint density at radius 1 is 1.10 bits per heavy atom. The molecule has 0 saturated carbocycles. The fourth-order valence-corrected chi connectivity index (χ4v) is 2.99. The third kappa shape index (κ3) is 6.42. The smallest absolute Gasteiger partial charge is 0.387 e. The van der Waals surface area contributed by atoms with Gasteiger partial charge in [0.25, 0.3) is 0 Å². The minimum absolute atomic E-state index is 0.0479. The molecule has 3 rings (SSSR count). The Kier molecular flexibility index (Phi) is 7.34. The number of rotatable bonds is 10. The van der Waals surface area contributed by atoms with E-state index in [2.05, 4.69) is 14.9 Å². The molecule has 0 bridgehead atoms. The third-order valence-corrected chi connectivity index (χ3v) is 4.47. The van der Waals surface area contributed by atoms with Crippen molar-refractivity contribution in [3.05, 3.63) is 70.2 Å². The van der Waals surface area contributed by atoms with Gasteiger partial charge < -0.3 is 19.0 Å². The van der Waals surface area contributed by atoms with Crippen LogP contribution in [0.1, 0.15) is 16.3 Å². The Labute approximate surface area is 170 Å². The second kappa shape index (κ2) is 10.4. The monoisotopic (exact) mass is 420 g/mol. The zero-order valence-corrected chi connectivity index (χ0v) is 16.3. The van der Waals surface area contributed by atoms with Gasteiger partial charge in [0.05, 0.1) is 19.0 Å². The van der Waals surface area contributed by atoms with E-state index in [-0.39, 0.29) is 18.1 Å². The van der Waals surface area contributed by atoms with Crippen molar-refractivity contribution in [1.29, 1.82) is 0 Å². The Morgan fingerprint density at radius 2 is 1.93 bits per heavy atom. The number of aromatic nitrogens is 1. The van der Waals surface area contributed by atoms with Crippen LogP contribution in [0.15, 0.2) is 59.1 Å². The SMILES string of the molecule is COc1cc(/C=N/OCc2csc(COc3ccccc3)n2)ccc1OC(F)F. The topological polar surface area (TPSA) is 62.2 Å². The van der Waals surface area contributed by atoms with Gasteiger partial charge in [0.2, 0.25) is 0 Å². The quantitative estimate of drug-likeness (QED) is 0.345. The molecule has 0 N–H and O–H groups in total. The molecule has 3 aromatic rings. The number of alkyl halides is 2. The number of nitrogens with zero attached hydrogens (tertiary/aromatic N) is 2. The number of halogens is 2. The van der Waals surface area contributed by atoms with Crippen molar-refractivity contribution in [1.82, 2.24) is 4.98 Å². The van der Waals surface area contributed by atoms with Crippen LogP contribution in [0.2, 0.25) is 0 Å². The summed E-state index contributed by atoms with van der Waals surface area (Å²) in [5.41, 5.74) is 1.34. The van der Waals surface area contributed by atoms with Gasteiger partial charge in [0, 0.05) is 10.9 Å². The summed E-state index contributed by atoms with van der Waals surface area (Å²) in [6.07, 6.45) is 1.44. The van der Waals surface area contributed by atoms with E-state index in [4.69, 9.17) is 14.3 Å². The highest BCUT2D eigenvalue weighted by Crippen LogP contribution is 2.29. The number of para-hydroxylation sites is 1. The molecule has 0 aliphatic carbocycles. The van der Waals surface area contributed by atoms with Gasteiger partial charge in [0.15, 0.2) is 18.1 Å². The fourth-order valence-electron chi connectivity index (χ4n) is 2.30. The molecule has 0 atom stereocenters. The van der Waals surface area contributed by atoms with E-state index in [1.807, 2.05) is 35.7 Å². The highest BCUT2D eigenvalue weighted by Gasteiger charge is 2.10. The lowest BCUT2D eigenvalue weighted by atomic mass is 10.2. The highest BCUT2D eigenvalue weighted by molar-refractivity contribution is 7.09. The first-order valence-corrected chi connectivity index (χ1v) is 9.41. The number of thiazole rings is 1. The molecule has 29 heavy (non-hydrogen) atoms. The molecular weight excluding hydrogens is 402 g/mol. The van der Waals surface area contributed by atoms with Gasteiger partial charge in [-0.1, -0.05) is 23.4 Å². The number of ether oxygens (including phenoxy) is 3. The van der Waals surface area contributed by atoms with E-state index in [9.17, 15) is 8.78 Å². The average Bonchev–Trinajstić information content (AvgIpc) is 3.19. The predicted octanol–water partition coefficient (Wildman–Crippen LogP) is 4.88. The lowest BCUT2D eigenvalue weighted by molar-refractivity contribution is -0.0512. The summed E-state index contributed by atoms with van der Waals surface area (Å²) in [4.78, 5) is 9.67. The van der Waals surface area contributed by atoms with Gasteiger partial charge in [-0.15, -0.1) is 11.3 Å². The minimum Gasteiger partial charge on any atom is -0.493 e. The molecule has 0 radical (unpaired) electrons. The predicted molar refractivity (Wildman–Crippen MR) is 105 cm³/mol. The van der Waals surface area contributed by atoms with Crippen molar-refractivity contribution in [2.75, 3.05) is 7.11 Å². The molecule has 1 heterocycles. The molecule has 1 aromatic heterocycles. The molecular formula is C20H18F2N2O4S. The Bertz CT molecular complexity index is 935. The van der Waals surface area contributed by atoms with Crippen molar-refractivity contribution >= 4 is 17.6 Å². The van der Waals surface area contributed by atoms with Crippen molar-refractivity contribution in [3.8, 4) is 17.2 Å². The largest absolute Gasteiger partial charge is 0.493 e. The van der Waals surface area contributed by atoms with Crippen LogP contribution in [0, 0.1) is 0 Å². The summed E-state index contributed by atoms with van der Waals surface area (Å²) in [5.74, 6) is 0.913. The zero-order chi connectivity index (χ0) is 20.5. The molecule has 6 nitrogen and oxygen atoms in total. The lowest BCUT2D eigenvalue weighted by Crippen LogP contribution is -2.03.